The standard InChI is InChI=1S/C16H33NO/c1-5-6-7-12-18-16(13-17-4)10-8-15(9-11-16)14(2)3/h14-15,17H,5-13H2,1-4H3. The molecular formula is C16H33NO. The molecule has 108 valence electrons. The molecule has 0 bridgehead atoms. The van der Waals surface area contributed by atoms with Gasteiger partial charge in [-0.2, -0.15) is 0 Å². The number of unbranched alkanes of at least 4 members (excludes halogenated alkanes) is 2. The molecule has 18 heavy (non-hydrogen) atoms. The van der Waals surface area contributed by atoms with E-state index in [9.17, 15) is 0 Å². The quantitative estimate of drug-likeness (QED) is 0.662. The van der Waals surface area contributed by atoms with E-state index in [0.717, 1.165) is 25.0 Å². The van der Waals surface area contributed by atoms with Gasteiger partial charge in [-0.25, -0.2) is 0 Å². The molecule has 2 heteroatoms. The lowest BCUT2D eigenvalue weighted by Gasteiger charge is -2.41. The zero-order valence-electron chi connectivity index (χ0n) is 12.9. The Morgan fingerprint density at radius 3 is 2.39 bits per heavy atom. The van der Waals surface area contributed by atoms with Crippen LogP contribution in [0.2, 0.25) is 0 Å². The summed E-state index contributed by atoms with van der Waals surface area (Å²) < 4.78 is 6.28. The molecule has 2 nitrogen and oxygen atoms in total. The second-order valence-corrected chi connectivity index (χ2v) is 6.35. The van der Waals surface area contributed by atoms with Crippen LogP contribution in [0.4, 0.5) is 0 Å². The predicted molar refractivity (Wildman–Crippen MR) is 78.9 cm³/mol. The van der Waals surface area contributed by atoms with Gasteiger partial charge in [0.25, 0.3) is 0 Å². The van der Waals surface area contributed by atoms with Gasteiger partial charge < -0.3 is 10.1 Å². The molecule has 0 spiro atoms. The van der Waals surface area contributed by atoms with Gasteiger partial charge in [0.15, 0.2) is 0 Å². The molecule has 0 heterocycles. The van der Waals surface area contributed by atoms with E-state index in [0.29, 0.717) is 0 Å². The van der Waals surface area contributed by atoms with Gasteiger partial charge in [0.05, 0.1) is 5.60 Å². The highest BCUT2D eigenvalue weighted by molar-refractivity contribution is 4.89. The molecule has 0 aromatic heterocycles. The molecule has 1 aliphatic rings. The van der Waals surface area contributed by atoms with Crippen molar-refractivity contribution in [2.75, 3.05) is 20.2 Å². The first-order chi connectivity index (χ1) is 8.63. The minimum absolute atomic E-state index is 0.133. The summed E-state index contributed by atoms with van der Waals surface area (Å²) in [5.74, 6) is 1.74. The highest BCUT2D eigenvalue weighted by atomic mass is 16.5. The fourth-order valence-electron chi connectivity index (χ4n) is 3.17. The van der Waals surface area contributed by atoms with Crippen LogP contribution in [0.3, 0.4) is 0 Å². The third-order valence-corrected chi connectivity index (χ3v) is 4.54. The van der Waals surface area contributed by atoms with E-state index in [1.54, 1.807) is 0 Å². The number of rotatable bonds is 8. The van der Waals surface area contributed by atoms with Gasteiger partial charge in [0.2, 0.25) is 0 Å². The summed E-state index contributed by atoms with van der Waals surface area (Å²) >= 11 is 0. The van der Waals surface area contributed by atoms with E-state index in [1.807, 2.05) is 7.05 Å². The fourth-order valence-corrected chi connectivity index (χ4v) is 3.17. The molecule has 0 radical (unpaired) electrons. The Morgan fingerprint density at radius 1 is 1.22 bits per heavy atom. The molecule has 0 saturated heterocycles. The van der Waals surface area contributed by atoms with Crippen LogP contribution in [-0.2, 0) is 4.74 Å². The average Bonchev–Trinajstić information content (AvgIpc) is 2.36. The molecule has 1 N–H and O–H groups in total. The first-order valence-corrected chi connectivity index (χ1v) is 7.92. The molecule has 1 rings (SSSR count). The lowest BCUT2D eigenvalue weighted by atomic mass is 9.74. The molecule has 0 atom stereocenters. The van der Waals surface area contributed by atoms with Crippen molar-refractivity contribution < 1.29 is 4.74 Å². The minimum atomic E-state index is 0.133. The highest BCUT2D eigenvalue weighted by Crippen LogP contribution is 2.37. The van der Waals surface area contributed by atoms with Crippen molar-refractivity contribution in [2.45, 2.75) is 71.3 Å². The van der Waals surface area contributed by atoms with Crippen molar-refractivity contribution in [3.05, 3.63) is 0 Å². The smallest absolute Gasteiger partial charge is 0.0806 e. The maximum Gasteiger partial charge on any atom is 0.0806 e. The van der Waals surface area contributed by atoms with Crippen LogP contribution in [0.1, 0.15) is 65.7 Å². The van der Waals surface area contributed by atoms with Gasteiger partial charge in [-0.15, -0.1) is 0 Å². The molecular weight excluding hydrogens is 222 g/mol. The summed E-state index contributed by atoms with van der Waals surface area (Å²) in [5.41, 5.74) is 0.133. The zero-order chi connectivity index (χ0) is 13.4. The SMILES string of the molecule is CCCCCOC1(CNC)CCC(C(C)C)CC1. The third-order valence-electron chi connectivity index (χ3n) is 4.54. The summed E-state index contributed by atoms with van der Waals surface area (Å²) in [4.78, 5) is 0. The number of nitrogens with one attached hydrogen (secondary N) is 1. The van der Waals surface area contributed by atoms with E-state index in [2.05, 4.69) is 26.1 Å². The number of likely N-dealkylation sites (N-methyl/N-ethyl adjacent to an activating group) is 1. The second kappa shape index (κ2) is 8.16. The van der Waals surface area contributed by atoms with Crippen molar-refractivity contribution in [2.24, 2.45) is 11.8 Å². The highest BCUT2D eigenvalue weighted by Gasteiger charge is 2.36. The summed E-state index contributed by atoms with van der Waals surface area (Å²) in [6.45, 7) is 8.93. The normalized spacial score (nSPS) is 28.8. The summed E-state index contributed by atoms with van der Waals surface area (Å²) in [5, 5.41) is 3.34. The van der Waals surface area contributed by atoms with Crippen molar-refractivity contribution in [3.8, 4) is 0 Å². The van der Waals surface area contributed by atoms with Crippen LogP contribution < -0.4 is 5.32 Å². The van der Waals surface area contributed by atoms with Gasteiger partial charge in [-0.1, -0.05) is 33.6 Å². The van der Waals surface area contributed by atoms with Crippen molar-refractivity contribution in [1.29, 1.82) is 0 Å². The average molecular weight is 255 g/mol. The lowest BCUT2D eigenvalue weighted by molar-refractivity contribution is -0.0795. The van der Waals surface area contributed by atoms with Crippen molar-refractivity contribution >= 4 is 0 Å². The van der Waals surface area contributed by atoms with Crippen molar-refractivity contribution in [1.82, 2.24) is 5.32 Å². The van der Waals surface area contributed by atoms with E-state index < -0.39 is 0 Å². The Kier molecular flexibility index (Phi) is 7.25. The molecule has 1 saturated carbocycles. The fraction of sp³-hybridized carbons (Fsp3) is 1.00. The molecule has 1 aliphatic carbocycles. The molecule has 0 aliphatic heterocycles. The summed E-state index contributed by atoms with van der Waals surface area (Å²) in [6.07, 6.45) is 8.95. The number of hydrogen-bond acceptors (Lipinski definition) is 2. The number of hydrogen-bond donors (Lipinski definition) is 1. The van der Waals surface area contributed by atoms with Gasteiger partial charge in [0, 0.05) is 13.2 Å². The van der Waals surface area contributed by atoms with Gasteiger partial charge in [0.1, 0.15) is 0 Å². The van der Waals surface area contributed by atoms with E-state index in [1.165, 1.54) is 44.9 Å². The van der Waals surface area contributed by atoms with Crippen LogP contribution in [0.5, 0.6) is 0 Å². The topological polar surface area (TPSA) is 21.3 Å². The zero-order valence-corrected chi connectivity index (χ0v) is 12.9. The van der Waals surface area contributed by atoms with Crippen molar-refractivity contribution in [3.63, 3.8) is 0 Å². The Labute approximate surface area is 114 Å². The Hall–Kier alpha value is -0.0800. The predicted octanol–water partition coefficient (Wildman–Crippen LogP) is 4.00. The van der Waals surface area contributed by atoms with Crippen LogP contribution in [0, 0.1) is 11.8 Å². The molecule has 0 amide bonds. The minimum Gasteiger partial charge on any atom is -0.374 e. The number of ether oxygens (including phenoxy) is 1. The van der Waals surface area contributed by atoms with Gasteiger partial charge in [-0.05, 0) is 51.0 Å². The molecule has 1 fully saturated rings. The van der Waals surface area contributed by atoms with E-state index in [-0.39, 0.29) is 5.60 Å². The molecule has 0 aromatic carbocycles. The van der Waals surface area contributed by atoms with E-state index >= 15 is 0 Å². The first kappa shape index (κ1) is 16.0. The summed E-state index contributed by atoms with van der Waals surface area (Å²) in [6, 6.07) is 0. The molecule has 0 unspecified atom stereocenters. The maximum absolute atomic E-state index is 6.28. The summed E-state index contributed by atoms with van der Waals surface area (Å²) in [7, 11) is 2.05. The van der Waals surface area contributed by atoms with Crippen LogP contribution in [-0.4, -0.2) is 25.8 Å². The van der Waals surface area contributed by atoms with Gasteiger partial charge in [-0.3, -0.25) is 0 Å². The van der Waals surface area contributed by atoms with Gasteiger partial charge >= 0.3 is 0 Å². The Balaban J connectivity index is 2.40. The molecule has 0 aromatic rings. The second-order valence-electron chi connectivity index (χ2n) is 6.35. The van der Waals surface area contributed by atoms with Crippen LogP contribution >= 0.6 is 0 Å². The van der Waals surface area contributed by atoms with Crippen LogP contribution in [0.25, 0.3) is 0 Å². The van der Waals surface area contributed by atoms with Crippen LogP contribution in [0.15, 0.2) is 0 Å². The Bertz CT molecular complexity index is 207. The van der Waals surface area contributed by atoms with E-state index in [4.69, 9.17) is 4.74 Å². The largest absolute Gasteiger partial charge is 0.374 e. The first-order valence-electron chi connectivity index (χ1n) is 7.92. The third kappa shape index (κ3) is 4.89. The monoisotopic (exact) mass is 255 g/mol. The lowest BCUT2D eigenvalue weighted by Crippen LogP contribution is -2.45. The maximum atomic E-state index is 6.28. The Morgan fingerprint density at radius 2 is 1.89 bits per heavy atom.